The molecule has 4 rings (SSSR count). The minimum atomic E-state index is 0.0708. The molecule has 2 aliphatic heterocycles. The lowest BCUT2D eigenvalue weighted by atomic mass is 10.0. The molecule has 7 heteroatoms. The van der Waals surface area contributed by atoms with E-state index in [1.54, 1.807) is 6.07 Å². The molecule has 1 N–H and O–H groups in total. The standard InChI is InChI=1S/C15H16N2O3S2/c18-14(9-1-2-10-12(7-9)20-15(21)16-10)17-4-6-22-13-8-19-5-3-11(13)17/h1-2,7,11,13H,3-6,8H2,(H,16,21)/t11-,13-/m0/s1. The molecule has 2 aliphatic rings. The number of fused-ring (bicyclic) bond motifs is 2. The van der Waals surface area contributed by atoms with Gasteiger partial charge < -0.3 is 19.0 Å². The maximum atomic E-state index is 12.9. The predicted octanol–water partition coefficient (Wildman–Crippen LogP) is 2.84. The molecule has 0 radical (unpaired) electrons. The van der Waals surface area contributed by atoms with E-state index in [4.69, 9.17) is 21.4 Å². The Kier molecular flexibility index (Phi) is 3.71. The zero-order valence-electron chi connectivity index (χ0n) is 11.9. The number of hydrogen-bond donors (Lipinski definition) is 1. The molecule has 2 atom stereocenters. The summed E-state index contributed by atoms with van der Waals surface area (Å²) in [7, 11) is 0. The van der Waals surface area contributed by atoms with Crippen molar-refractivity contribution in [2.75, 3.05) is 25.5 Å². The van der Waals surface area contributed by atoms with Gasteiger partial charge in [-0.2, -0.15) is 11.8 Å². The minimum absolute atomic E-state index is 0.0708. The van der Waals surface area contributed by atoms with Crippen molar-refractivity contribution in [3.63, 3.8) is 0 Å². The number of benzene rings is 1. The van der Waals surface area contributed by atoms with Gasteiger partial charge in [-0.3, -0.25) is 4.79 Å². The van der Waals surface area contributed by atoms with E-state index in [0.29, 0.717) is 21.2 Å². The van der Waals surface area contributed by atoms with E-state index in [1.807, 2.05) is 28.8 Å². The molecular formula is C15H16N2O3S2. The van der Waals surface area contributed by atoms with Crippen molar-refractivity contribution in [1.29, 1.82) is 0 Å². The van der Waals surface area contributed by atoms with Gasteiger partial charge in [-0.25, -0.2) is 0 Å². The fourth-order valence-corrected chi connectivity index (χ4v) is 4.68. The van der Waals surface area contributed by atoms with Crippen molar-refractivity contribution in [3.05, 3.63) is 28.6 Å². The molecule has 1 aromatic carbocycles. The molecule has 1 amide bonds. The second-order valence-electron chi connectivity index (χ2n) is 5.56. The van der Waals surface area contributed by atoms with Crippen molar-refractivity contribution in [2.45, 2.75) is 17.7 Å². The third-order valence-corrected chi connectivity index (χ3v) is 5.74. The SMILES string of the molecule is O=C(c1ccc2[nH]c(=S)oc2c1)N1CCS[C@H]2COCC[C@@H]21. The van der Waals surface area contributed by atoms with Crippen LogP contribution in [0.5, 0.6) is 0 Å². The molecule has 2 fully saturated rings. The van der Waals surface area contributed by atoms with Gasteiger partial charge in [0, 0.05) is 35.8 Å². The van der Waals surface area contributed by atoms with Crippen molar-refractivity contribution in [1.82, 2.24) is 9.88 Å². The van der Waals surface area contributed by atoms with E-state index in [-0.39, 0.29) is 11.9 Å². The van der Waals surface area contributed by atoms with Crippen molar-refractivity contribution in [3.8, 4) is 0 Å². The fourth-order valence-electron chi connectivity index (χ4n) is 3.18. The first-order valence-electron chi connectivity index (χ1n) is 7.35. The lowest BCUT2D eigenvalue weighted by Gasteiger charge is -2.43. The molecule has 22 heavy (non-hydrogen) atoms. The van der Waals surface area contributed by atoms with Crippen LogP contribution in [0.15, 0.2) is 22.6 Å². The number of nitrogens with zero attached hydrogens (tertiary/aromatic N) is 1. The van der Waals surface area contributed by atoms with E-state index >= 15 is 0 Å². The number of carbonyl (C=O) groups excluding carboxylic acids is 1. The van der Waals surface area contributed by atoms with Crippen LogP contribution in [0.3, 0.4) is 0 Å². The molecule has 0 saturated carbocycles. The second-order valence-corrected chi connectivity index (χ2v) is 7.28. The maximum Gasteiger partial charge on any atom is 0.266 e. The third-order valence-electron chi connectivity index (χ3n) is 4.26. The molecule has 116 valence electrons. The van der Waals surface area contributed by atoms with Crippen molar-refractivity contribution in [2.24, 2.45) is 0 Å². The van der Waals surface area contributed by atoms with E-state index in [9.17, 15) is 4.79 Å². The van der Waals surface area contributed by atoms with Gasteiger partial charge in [0.15, 0.2) is 5.58 Å². The summed E-state index contributed by atoms with van der Waals surface area (Å²) in [4.78, 5) is 18.2. The van der Waals surface area contributed by atoms with Gasteiger partial charge in [-0.1, -0.05) is 0 Å². The minimum Gasteiger partial charge on any atom is -0.429 e. The molecule has 0 aliphatic carbocycles. The normalized spacial score (nSPS) is 25.2. The Balaban J connectivity index is 1.64. The van der Waals surface area contributed by atoms with Gasteiger partial charge in [0.1, 0.15) is 0 Å². The number of ether oxygens (including phenoxy) is 1. The summed E-state index contributed by atoms with van der Waals surface area (Å²) in [5.41, 5.74) is 2.10. The zero-order valence-corrected chi connectivity index (χ0v) is 13.5. The summed E-state index contributed by atoms with van der Waals surface area (Å²) >= 11 is 6.90. The Morgan fingerprint density at radius 3 is 3.27 bits per heavy atom. The fraction of sp³-hybridized carbons (Fsp3) is 0.467. The van der Waals surface area contributed by atoms with Crippen molar-refractivity contribution >= 4 is 41.0 Å². The highest BCUT2D eigenvalue weighted by Crippen LogP contribution is 2.31. The molecule has 1 aromatic heterocycles. The van der Waals surface area contributed by atoms with E-state index < -0.39 is 0 Å². The van der Waals surface area contributed by atoms with E-state index in [0.717, 1.165) is 37.4 Å². The number of aromatic amines is 1. The average molecular weight is 336 g/mol. The topological polar surface area (TPSA) is 58.5 Å². The molecule has 0 unspecified atom stereocenters. The van der Waals surface area contributed by atoms with Crippen LogP contribution in [-0.2, 0) is 4.74 Å². The number of rotatable bonds is 1. The number of nitrogens with one attached hydrogen (secondary N) is 1. The lowest BCUT2D eigenvalue weighted by molar-refractivity contribution is 0.0319. The molecule has 3 heterocycles. The first-order valence-corrected chi connectivity index (χ1v) is 8.81. The number of amides is 1. The Hall–Kier alpha value is -1.31. The molecule has 0 spiro atoms. The van der Waals surface area contributed by atoms with Crippen molar-refractivity contribution < 1.29 is 13.9 Å². The number of hydrogen-bond acceptors (Lipinski definition) is 5. The number of H-pyrrole nitrogens is 1. The highest BCUT2D eigenvalue weighted by atomic mass is 32.2. The molecular weight excluding hydrogens is 320 g/mol. The second kappa shape index (κ2) is 5.72. The number of thioether (sulfide) groups is 1. The molecule has 5 nitrogen and oxygen atoms in total. The summed E-state index contributed by atoms with van der Waals surface area (Å²) in [6.45, 7) is 2.26. The third kappa shape index (κ3) is 2.47. The van der Waals surface area contributed by atoms with Gasteiger partial charge in [-0.15, -0.1) is 0 Å². The van der Waals surface area contributed by atoms with E-state index in [2.05, 4.69) is 4.98 Å². The lowest BCUT2D eigenvalue weighted by Crippen LogP contribution is -2.54. The van der Waals surface area contributed by atoms with Gasteiger partial charge in [-0.05, 0) is 36.8 Å². The predicted molar refractivity (Wildman–Crippen MR) is 87.9 cm³/mol. The van der Waals surface area contributed by atoms with Crippen LogP contribution in [0.25, 0.3) is 11.1 Å². The molecule has 0 bridgehead atoms. The summed E-state index contributed by atoms with van der Waals surface area (Å²) in [6.07, 6.45) is 0.913. The first kappa shape index (κ1) is 14.3. The van der Waals surface area contributed by atoms with E-state index in [1.165, 1.54) is 0 Å². The number of oxazole rings is 1. The Labute approximate surface area is 137 Å². The van der Waals surface area contributed by atoms with Crippen LogP contribution in [0.4, 0.5) is 0 Å². The summed E-state index contributed by atoms with van der Waals surface area (Å²) < 4.78 is 11.0. The van der Waals surface area contributed by atoms with Crippen LogP contribution in [0, 0.1) is 4.84 Å². The smallest absolute Gasteiger partial charge is 0.266 e. The van der Waals surface area contributed by atoms with Gasteiger partial charge >= 0.3 is 0 Å². The van der Waals surface area contributed by atoms with Gasteiger partial charge in [0.25, 0.3) is 10.7 Å². The van der Waals surface area contributed by atoms with Crippen LogP contribution in [0.2, 0.25) is 0 Å². The summed E-state index contributed by atoms with van der Waals surface area (Å²) in [6, 6.07) is 5.73. The zero-order chi connectivity index (χ0) is 15.1. The van der Waals surface area contributed by atoms with Gasteiger partial charge in [0.05, 0.1) is 12.1 Å². The summed E-state index contributed by atoms with van der Waals surface area (Å²) in [5.74, 6) is 1.03. The van der Waals surface area contributed by atoms with Crippen LogP contribution in [0.1, 0.15) is 16.8 Å². The largest absolute Gasteiger partial charge is 0.429 e. The maximum absolute atomic E-state index is 12.9. The molecule has 2 saturated heterocycles. The quantitative estimate of drug-likeness (QED) is 0.812. The highest BCUT2D eigenvalue weighted by Gasteiger charge is 2.37. The Morgan fingerprint density at radius 2 is 2.36 bits per heavy atom. The molecule has 2 aromatic rings. The van der Waals surface area contributed by atoms with Crippen LogP contribution in [-0.4, -0.2) is 52.6 Å². The Morgan fingerprint density at radius 1 is 1.45 bits per heavy atom. The average Bonchev–Trinajstić information content (AvgIpc) is 2.92. The number of carbonyl (C=O) groups is 1. The first-order chi connectivity index (χ1) is 10.7. The highest BCUT2D eigenvalue weighted by molar-refractivity contribution is 8.00. The van der Waals surface area contributed by atoms with Crippen LogP contribution >= 0.6 is 24.0 Å². The monoisotopic (exact) mass is 336 g/mol. The Bertz CT molecular complexity index is 767. The van der Waals surface area contributed by atoms with Gasteiger partial charge in [0.2, 0.25) is 0 Å². The summed E-state index contributed by atoms with van der Waals surface area (Å²) in [5, 5.41) is 0.395. The van der Waals surface area contributed by atoms with Crippen LogP contribution < -0.4 is 0 Å². The number of aromatic nitrogens is 1.